The van der Waals surface area contributed by atoms with Crippen LogP contribution < -0.4 is 15.5 Å². The second-order valence-corrected chi connectivity index (χ2v) is 7.96. The van der Waals surface area contributed by atoms with Crippen LogP contribution in [0.4, 0.5) is 5.69 Å². The molecule has 4 aromatic carbocycles. The molecule has 0 fully saturated rings. The number of hydrogen-bond donors (Lipinski definition) is 2. The number of hydrazone groups is 1. The van der Waals surface area contributed by atoms with Crippen molar-refractivity contribution in [1.82, 2.24) is 5.43 Å². The van der Waals surface area contributed by atoms with Crippen LogP contribution in [-0.4, -0.2) is 24.0 Å². The number of nitrogens with one attached hydrogen (secondary N) is 2. The molecule has 0 aliphatic carbocycles. The van der Waals surface area contributed by atoms with Gasteiger partial charge in [-0.3, -0.25) is 9.59 Å². The van der Waals surface area contributed by atoms with E-state index in [9.17, 15) is 14.4 Å². The van der Waals surface area contributed by atoms with E-state index in [1.165, 1.54) is 6.21 Å². The number of anilines is 1. The Bertz CT molecular complexity index is 1440. The van der Waals surface area contributed by atoms with Gasteiger partial charge in [0.25, 0.3) is 0 Å². The second kappa shape index (κ2) is 10.6. The molecular formula is C27H20ClN3O4. The number of carbonyl (C=O) groups excluding carboxylic acids is 3. The number of fused-ring (bicyclic) bond motifs is 1. The summed E-state index contributed by atoms with van der Waals surface area (Å²) in [4.78, 5) is 36.7. The molecule has 8 heteroatoms. The summed E-state index contributed by atoms with van der Waals surface area (Å²) in [6.45, 7) is 1.73. The van der Waals surface area contributed by atoms with Crippen molar-refractivity contribution in [3.63, 3.8) is 0 Å². The number of carbonyl (C=O) groups is 3. The van der Waals surface area contributed by atoms with Gasteiger partial charge >= 0.3 is 17.8 Å². The van der Waals surface area contributed by atoms with E-state index in [2.05, 4.69) is 15.8 Å². The molecule has 4 rings (SSSR count). The Morgan fingerprint density at radius 3 is 2.37 bits per heavy atom. The number of nitrogens with zero attached hydrogens (tertiary/aromatic N) is 1. The Kier molecular flexibility index (Phi) is 7.18. The first-order valence-electron chi connectivity index (χ1n) is 10.6. The SMILES string of the molecule is Cc1c(Cl)cccc1NC(=O)C(=O)NN=Cc1ccc(OC(=O)c2cccc3ccccc23)cc1. The largest absolute Gasteiger partial charge is 0.423 e. The molecule has 2 N–H and O–H groups in total. The van der Waals surface area contributed by atoms with Crippen LogP contribution in [0.1, 0.15) is 21.5 Å². The Balaban J connectivity index is 1.33. The Morgan fingerprint density at radius 1 is 0.857 bits per heavy atom. The highest BCUT2D eigenvalue weighted by Gasteiger charge is 2.15. The maximum atomic E-state index is 12.7. The van der Waals surface area contributed by atoms with Crippen molar-refractivity contribution < 1.29 is 19.1 Å². The molecule has 174 valence electrons. The quantitative estimate of drug-likeness (QED) is 0.135. The molecule has 0 bridgehead atoms. The van der Waals surface area contributed by atoms with E-state index in [0.29, 0.717) is 33.1 Å². The molecule has 0 saturated carbocycles. The number of hydrogen-bond acceptors (Lipinski definition) is 5. The zero-order chi connectivity index (χ0) is 24.8. The smallest absolute Gasteiger partial charge is 0.344 e. The van der Waals surface area contributed by atoms with Gasteiger partial charge in [-0.15, -0.1) is 0 Å². The van der Waals surface area contributed by atoms with Crippen LogP contribution in [-0.2, 0) is 9.59 Å². The molecule has 0 aromatic heterocycles. The normalized spacial score (nSPS) is 10.8. The summed E-state index contributed by atoms with van der Waals surface area (Å²) in [5, 5.41) is 8.53. The minimum absolute atomic E-state index is 0.361. The monoisotopic (exact) mass is 485 g/mol. The van der Waals surface area contributed by atoms with E-state index < -0.39 is 17.8 Å². The average molecular weight is 486 g/mol. The van der Waals surface area contributed by atoms with Gasteiger partial charge in [0.05, 0.1) is 11.8 Å². The summed E-state index contributed by atoms with van der Waals surface area (Å²) in [5.74, 6) is -1.90. The van der Waals surface area contributed by atoms with Gasteiger partial charge in [-0.05, 0) is 71.3 Å². The van der Waals surface area contributed by atoms with E-state index in [-0.39, 0.29) is 0 Å². The van der Waals surface area contributed by atoms with E-state index in [4.69, 9.17) is 16.3 Å². The third-order valence-electron chi connectivity index (χ3n) is 5.20. The molecule has 0 unspecified atom stereocenters. The number of esters is 1. The van der Waals surface area contributed by atoms with Crippen LogP contribution in [0.3, 0.4) is 0 Å². The molecule has 0 radical (unpaired) electrons. The first kappa shape index (κ1) is 23.7. The average Bonchev–Trinajstić information content (AvgIpc) is 2.87. The molecule has 0 aliphatic heterocycles. The van der Waals surface area contributed by atoms with E-state index in [1.54, 1.807) is 55.5 Å². The summed E-state index contributed by atoms with van der Waals surface area (Å²) < 4.78 is 5.50. The first-order valence-corrected chi connectivity index (χ1v) is 11.0. The predicted molar refractivity (Wildman–Crippen MR) is 136 cm³/mol. The number of amides is 2. The van der Waals surface area contributed by atoms with Crippen molar-refractivity contribution in [3.8, 4) is 5.75 Å². The van der Waals surface area contributed by atoms with Crippen molar-refractivity contribution in [2.75, 3.05) is 5.32 Å². The second-order valence-electron chi connectivity index (χ2n) is 7.55. The van der Waals surface area contributed by atoms with Gasteiger partial charge < -0.3 is 10.1 Å². The molecule has 0 spiro atoms. The lowest BCUT2D eigenvalue weighted by Crippen LogP contribution is -2.32. The minimum atomic E-state index is -0.929. The van der Waals surface area contributed by atoms with E-state index in [1.807, 2.05) is 36.4 Å². The fourth-order valence-corrected chi connectivity index (χ4v) is 3.50. The van der Waals surface area contributed by atoms with Gasteiger partial charge in [0.1, 0.15) is 5.75 Å². The molecule has 0 aliphatic rings. The van der Waals surface area contributed by atoms with Crippen LogP contribution in [0.5, 0.6) is 5.75 Å². The number of ether oxygens (including phenoxy) is 1. The lowest BCUT2D eigenvalue weighted by Gasteiger charge is -2.08. The van der Waals surface area contributed by atoms with Crippen LogP contribution in [0, 0.1) is 6.92 Å². The van der Waals surface area contributed by atoms with E-state index >= 15 is 0 Å². The summed E-state index contributed by atoms with van der Waals surface area (Å²) in [6.07, 6.45) is 1.37. The molecule has 2 amide bonds. The highest BCUT2D eigenvalue weighted by atomic mass is 35.5. The van der Waals surface area contributed by atoms with Crippen LogP contribution in [0.15, 0.2) is 90.0 Å². The number of rotatable bonds is 5. The zero-order valence-corrected chi connectivity index (χ0v) is 19.4. The first-order chi connectivity index (χ1) is 16.9. The highest BCUT2D eigenvalue weighted by Crippen LogP contribution is 2.23. The molecule has 35 heavy (non-hydrogen) atoms. The number of benzene rings is 4. The Labute approximate surface area is 206 Å². The summed E-state index contributed by atoms with van der Waals surface area (Å²) in [5.41, 5.74) is 4.36. The van der Waals surface area contributed by atoms with Gasteiger partial charge in [0.2, 0.25) is 0 Å². The number of halogens is 1. The van der Waals surface area contributed by atoms with Gasteiger partial charge in [-0.25, -0.2) is 10.2 Å². The van der Waals surface area contributed by atoms with Crippen molar-refractivity contribution in [1.29, 1.82) is 0 Å². The standard InChI is InChI=1S/C27H20ClN3O4/c1-17-23(28)10-5-11-24(17)30-25(32)26(33)31-29-16-18-12-14-20(15-13-18)35-27(34)22-9-4-7-19-6-2-3-8-21(19)22/h2-16H,1H3,(H,30,32)(H,31,33). The summed E-state index contributed by atoms with van der Waals surface area (Å²) >= 11 is 6.02. The lowest BCUT2D eigenvalue weighted by molar-refractivity contribution is -0.136. The minimum Gasteiger partial charge on any atom is -0.423 e. The zero-order valence-electron chi connectivity index (χ0n) is 18.6. The van der Waals surface area contributed by atoms with Crippen LogP contribution in [0.2, 0.25) is 5.02 Å². The van der Waals surface area contributed by atoms with Crippen molar-refractivity contribution in [3.05, 3.63) is 107 Å². The van der Waals surface area contributed by atoms with Crippen molar-refractivity contribution >= 4 is 52.1 Å². The topological polar surface area (TPSA) is 96.9 Å². The molecule has 4 aromatic rings. The van der Waals surface area contributed by atoms with Gasteiger partial charge in [0.15, 0.2) is 0 Å². The highest BCUT2D eigenvalue weighted by molar-refractivity contribution is 6.40. The fourth-order valence-electron chi connectivity index (χ4n) is 3.33. The van der Waals surface area contributed by atoms with Crippen LogP contribution >= 0.6 is 11.6 Å². The van der Waals surface area contributed by atoms with Gasteiger partial charge in [-0.2, -0.15) is 5.10 Å². The van der Waals surface area contributed by atoms with Gasteiger partial charge in [-0.1, -0.05) is 54.1 Å². The predicted octanol–water partition coefficient (Wildman–Crippen LogP) is 5.11. The lowest BCUT2D eigenvalue weighted by atomic mass is 10.0. The third-order valence-corrected chi connectivity index (χ3v) is 5.61. The van der Waals surface area contributed by atoms with Crippen molar-refractivity contribution in [2.45, 2.75) is 6.92 Å². The maximum Gasteiger partial charge on any atom is 0.344 e. The molecule has 0 atom stereocenters. The third kappa shape index (κ3) is 5.72. The molecular weight excluding hydrogens is 466 g/mol. The Hall–Kier alpha value is -4.49. The van der Waals surface area contributed by atoms with Crippen molar-refractivity contribution in [2.24, 2.45) is 5.10 Å². The maximum absolute atomic E-state index is 12.7. The summed E-state index contributed by atoms with van der Waals surface area (Å²) in [7, 11) is 0. The Morgan fingerprint density at radius 2 is 1.57 bits per heavy atom. The fraction of sp³-hybridized carbons (Fsp3) is 0.0370. The molecule has 0 heterocycles. The van der Waals surface area contributed by atoms with Crippen LogP contribution in [0.25, 0.3) is 10.8 Å². The van der Waals surface area contributed by atoms with E-state index in [0.717, 1.165) is 10.8 Å². The van der Waals surface area contributed by atoms with Gasteiger partial charge in [0, 0.05) is 10.7 Å². The molecule has 0 saturated heterocycles. The summed E-state index contributed by atoms with van der Waals surface area (Å²) in [6, 6.07) is 24.6. The molecule has 7 nitrogen and oxygen atoms in total.